The Balaban J connectivity index is 1.15. The molecular formula is C26H33ClN6O. The van der Waals surface area contributed by atoms with Gasteiger partial charge in [-0.2, -0.15) is 0 Å². The quantitative estimate of drug-likeness (QED) is 0.371. The Labute approximate surface area is 205 Å². The molecule has 0 aliphatic heterocycles. The van der Waals surface area contributed by atoms with Gasteiger partial charge in [0.1, 0.15) is 16.6 Å². The topological polar surface area (TPSA) is 94.7 Å². The minimum Gasteiger partial charge on any atom is -0.367 e. The third kappa shape index (κ3) is 5.53. The Morgan fingerprint density at radius 3 is 2.38 bits per heavy atom. The predicted molar refractivity (Wildman–Crippen MR) is 137 cm³/mol. The molecule has 8 heteroatoms. The maximum Gasteiger partial charge on any atom is 0.217 e. The lowest BCUT2D eigenvalue weighted by Crippen LogP contribution is -2.46. The zero-order valence-electron chi connectivity index (χ0n) is 19.6. The summed E-state index contributed by atoms with van der Waals surface area (Å²) in [6, 6.07) is 9.90. The summed E-state index contributed by atoms with van der Waals surface area (Å²) in [7, 11) is 0. The molecule has 2 aliphatic rings. The molecule has 34 heavy (non-hydrogen) atoms. The fourth-order valence-corrected chi connectivity index (χ4v) is 5.77. The van der Waals surface area contributed by atoms with Gasteiger partial charge in [0.05, 0.1) is 0 Å². The highest BCUT2D eigenvalue weighted by molar-refractivity contribution is 6.29. The van der Waals surface area contributed by atoms with E-state index in [1.165, 1.54) is 0 Å². The summed E-state index contributed by atoms with van der Waals surface area (Å²) < 4.78 is 0. The molecule has 1 amide bonds. The molecule has 0 bridgehead atoms. The first-order chi connectivity index (χ1) is 16.5. The summed E-state index contributed by atoms with van der Waals surface area (Å²) in [5.74, 6) is 0.912. The summed E-state index contributed by atoms with van der Waals surface area (Å²) in [5.41, 5.74) is 2.98. The molecule has 0 spiro atoms. The molecule has 0 saturated heterocycles. The number of anilines is 1. The van der Waals surface area contributed by atoms with Crippen LogP contribution in [0, 0.1) is 0 Å². The molecule has 0 atom stereocenters. The van der Waals surface area contributed by atoms with Crippen LogP contribution in [-0.2, 0) is 4.79 Å². The van der Waals surface area contributed by atoms with Gasteiger partial charge in [-0.05, 0) is 81.2 Å². The Bertz CT molecular complexity index is 1130. The van der Waals surface area contributed by atoms with Gasteiger partial charge in [0.25, 0.3) is 0 Å². The third-order valence-electron chi connectivity index (χ3n) is 7.24. The predicted octanol–water partition coefficient (Wildman–Crippen LogP) is 5.04. The zero-order chi connectivity index (χ0) is 23.5. The monoisotopic (exact) mass is 480 g/mol. The van der Waals surface area contributed by atoms with Crippen LogP contribution in [0.1, 0.15) is 58.3 Å². The lowest BCUT2D eigenvalue weighted by Gasteiger charge is -2.35. The average molecular weight is 481 g/mol. The average Bonchev–Trinajstić information content (AvgIpc) is 3.25. The van der Waals surface area contributed by atoms with E-state index in [1.54, 1.807) is 13.1 Å². The van der Waals surface area contributed by atoms with Crippen LogP contribution in [-0.4, -0.2) is 45.0 Å². The van der Waals surface area contributed by atoms with E-state index in [0.717, 1.165) is 79.3 Å². The van der Waals surface area contributed by atoms with Crippen molar-refractivity contribution in [2.45, 2.75) is 82.5 Å². The van der Waals surface area contributed by atoms with Crippen molar-refractivity contribution in [2.24, 2.45) is 0 Å². The van der Waals surface area contributed by atoms with Gasteiger partial charge in [0.15, 0.2) is 0 Å². The first kappa shape index (κ1) is 23.1. The second-order valence-electron chi connectivity index (χ2n) is 9.77. The van der Waals surface area contributed by atoms with Crippen LogP contribution in [0.2, 0.25) is 5.15 Å². The van der Waals surface area contributed by atoms with Gasteiger partial charge in [-0.25, -0.2) is 9.97 Å². The van der Waals surface area contributed by atoms with Crippen LogP contribution < -0.4 is 16.0 Å². The van der Waals surface area contributed by atoms with Gasteiger partial charge < -0.3 is 20.9 Å². The molecule has 2 saturated carbocycles. The number of halogens is 1. The number of hydrogen-bond donors (Lipinski definition) is 4. The van der Waals surface area contributed by atoms with Gasteiger partial charge in [-0.3, -0.25) is 4.79 Å². The van der Waals surface area contributed by atoms with E-state index in [0.29, 0.717) is 29.3 Å². The molecule has 5 rings (SSSR count). The van der Waals surface area contributed by atoms with Crippen LogP contribution in [0.3, 0.4) is 0 Å². The molecule has 3 heterocycles. The van der Waals surface area contributed by atoms with E-state index < -0.39 is 0 Å². The SMILES string of the molecule is CC(=O)NC1CCC(NC2CCC(Nc3cc(-c4c[nH]c5ncccc45)cc(Cl)n3)CC2)CC1. The number of carbonyl (C=O) groups is 1. The number of nitrogens with one attached hydrogen (secondary N) is 4. The standard InChI is InChI=1S/C26H33ClN6O/c1-16(34)30-18-4-6-19(7-5-18)31-20-8-10-21(11-9-20)32-25-14-17(13-24(27)33-25)23-15-29-26-22(23)3-2-12-28-26/h2-3,12-15,18-21,31H,4-11H2,1H3,(H,28,29)(H,30,34)(H,32,33). The van der Waals surface area contributed by atoms with Crippen molar-refractivity contribution >= 4 is 34.4 Å². The number of carbonyl (C=O) groups excluding carboxylic acids is 1. The van der Waals surface area contributed by atoms with E-state index in [-0.39, 0.29) is 5.91 Å². The minimum atomic E-state index is 0.0852. The lowest BCUT2D eigenvalue weighted by atomic mass is 9.87. The highest BCUT2D eigenvalue weighted by Crippen LogP contribution is 2.32. The van der Waals surface area contributed by atoms with Gasteiger partial charge in [-0.15, -0.1) is 0 Å². The van der Waals surface area contributed by atoms with Crippen molar-refractivity contribution in [1.29, 1.82) is 0 Å². The maximum absolute atomic E-state index is 11.3. The van der Waals surface area contributed by atoms with E-state index in [2.05, 4.69) is 43.0 Å². The molecule has 4 N–H and O–H groups in total. The van der Waals surface area contributed by atoms with Crippen LogP contribution in [0.4, 0.5) is 5.82 Å². The van der Waals surface area contributed by atoms with E-state index in [9.17, 15) is 4.79 Å². The van der Waals surface area contributed by atoms with Gasteiger partial charge in [0.2, 0.25) is 5.91 Å². The number of fused-ring (bicyclic) bond motifs is 1. The van der Waals surface area contributed by atoms with E-state index in [1.807, 2.05) is 18.3 Å². The second kappa shape index (κ2) is 10.3. The van der Waals surface area contributed by atoms with Crippen LogP contribution >= 0.6 is 11.6 Å². The molecule has 7 nitrogen and oxygen atoms in total. The maximum atomic E-state index is 11.3. The van der Waals surface area contributed by atoms with Crippen LogP contribution in [0.5, 0.6) is 0 Å². The van der Waals surface area contributed by atoms with Crippen molar-refractivity contribution in [2.75, 3.05) is 5.32 Å². The Hall–Kier alpha value is -2.64. The Morgan fingerprint density at radius 1 is 1.00 bits per heavy atom. The number of amides is 1. The minimum absolute atomic E-state index is 0.0852. The smallest absolute Gasteiger partial charge is 0.217 e. The number of nitrogens with zero attached hydrogens (tertiary/aromatic N) is 2. The van der Waals surface area contributed by atoms with E-state index in [4.69, 9.17) is 11.6 Å². The van der Waals surface area contributed by atoms with Gasteiger partial charge in [-0.1, -0.05) is 11.6 Å². The van der Waals surface area contributed by atoms with Crippen molar-refractivity contribution in [1.82, 2.24) is 25.6 Å². The number of hydrogen-bond acceptors (Lipinski definition) is 5. The number of aromatic nitrogens is 3. The highest BCUT2D eigenvalue weighted by Gasteiger charge is 2.27. The Kier molecular flexibility index (Phi) is 7.02. The molecule has 180 valence electrons. The number of rotatable bonds is 6. The first-order valence-corrected chi connectivity index (χ1v) is 12.8. The normalized spacial score (nSPS) is 25.2. The molecule has 0 radical (unpaired) electrons. The number of pyridine rings is 2. The molecule has 0 unspecified atom stereocenters. The number of aromatic amines is 1. The fraction of sp³-hybridized carbons (Fsp3) is 0.500. The van der Waals surface area contributed by atoms with Crippen molar-refractivity contribution in [3.63, 3.8) is 0 Å². The summed E-state index contributed by atoms with van der Waals surface area (Å²) in [6.45, 7) is 1.61. The fourth-order valence-electron chi connectivity index (χ4n) is 5.56. The molecule has 0 aromatic carbocycles. The molecule has 3 aromatic heterocycles. The molecular weight excluding hydrogens is 448 g/mol. The van der Waals surface area contributed by atoms with Gasteiger partial charge in [0, 0.05) is 54.4 Å². The molecule has 2 aliphatic carbocycles. The first-order valence-electron chi connectivity index (χ1n) is 12.4. The molecule has 2 fully saturated rings. The van der Waals surface area contributed by atoms with Crippen molar-refractivity contribution in [3.8, 4) is 11.1 Å². The summed E-state index contributed by atoms with van der Waals surface area (Å²) in [6.07, 6.45) is 12.7. The second-order valence-corrected chi connectivity index (χ2v) is 10.2. The number of H-pyrrole nitrogens is 1. The summed E-state index contributed by atoms with van der Waals surface area (Å²) >= 11 is 6.40. The summed E-state index contributed by atoms with van der Waals surface area (Å²) in [5, 5.41) is 12.1. The van der Waals surface area contributed by atoms with Crippen LogP contribution in [0.15, 0.2) is 36.7 Å². The lowest BCUT2D eigenvalue weighted by molar-refractivity contribution is -0.119. The largest absolute Gasteiger partial charge is 0.367 e. The van der Waals surface area contributed by atoms with E-state index >= 15 is 0 Å². The Morgan fingerprint density at radius 2 is 1.68 bits per heavy atom. The van der Waals surface area contributed by atoms with Gasteiger partial charge >= 0.3 is 0 Å². The molecule has 3 aromatic rings. The zero-order valence-corrected chi connectivity index (χ0v) is 20.4. The highest BCUT2D eigenvalue weighted by atomic mass is 35.5. The van der Waals surface area contributed by atoms with Crippen molar-refractivity contribution in [3.05, 3.63) is 41.8 Å². The van der Waals surface area contributed by atoms with Crippen LogP contribution in [0.25, 0.3) is 22.2 Å². The van der Waals surface area contributed by atoms with Crippen molar-refractivity contribution < 1.29 is 4.79 Å². The third-order valence-corrected chi connectivity index (χ3v) is 7.43. The summed E-state index contributed by atoms with van der Waals surface area (Å²) in [4.78, 5) is 23.4.